The molecule has 2 nitrogen and oxygen atoms in total. The standard InChI is InChI=1S/C11H23N.C4H8.C2H6.CH4.H2O/c1-3-5-11-6-9-12(8-4-2)10-7-11;1-3-4-2;1-2;;/h11H,3-10H2,1-2H3;3-4H,1-2H3;1-2H3;1H4;1H2/b;4-3-;;;. The topological polar surface area (TPSA) is 34.7 Å². The van der Waals surface area contributed by atoms with Crippen LogP contribution in [0.25, 0.3) is 0 Å². The average Bonchev–Trinajstić information content (AvgIpc) is 2.44. The highest BCUT2D eigenvalue weighted by Crippen LogP contribution is 2.21. The molecule has 0 radical (unpaired) electrons. The minimum Gasteiger partial charge on any atom is -0.412 e. The van der Waals surface area contributed by atoms with E-state index in [2.05, 4.69) is 18.7 Å². The summed E-state index contributed by atoms with van der Waals surface area (Å²) >= 11 is 0. The van der Waals surface area contributed by atoms with Gasteiger partial charge in [0.2, 0.25) is 0 Å². The summed E-state index contributed by atoms with van der Waals surface area (Å²) in [7, 11) is 0. The van der Waals surface area contributed by atoms with Crippen LogP contribution in [0, 0.1) is 5.92 Å². The highest BCUT2D eigenvalue weighted by molar-refractivity contribution is 4.71. The molecule has 0 spiro atoms. The van der Waals surface area contributed by atoms with Crippen molar-refractivity contribution in [3.05, 3.63) is 12.2 Å². The Balaban J connectivity index is -0.000000139. The Bertz CT molecular complexity index is 143. The predicted molar refractivity (Wildman–Crippen MR) is 96.5 cm³/mol. The molecule has 1 heterocycles. The maximum Gasteiger partial charge on any atom is -0.00161 e. The van der Waals surface area contributed by atoms with Crippen LogP contribution in [0.5, 0.6) is 0 Å². The van der Waals surface area contributed by atoms with E-state index in [4.69, 9.17) is 0 Å². The lowest BCUT2D eigenvalue weighted by molar-refractivity contribution is 0.179. The van der Waals surface area contributed by atoms with Gasteiger partial charge in [0, 0.05) is 0 Å². The van der Waals surface area contributed by atoms with Gasteiger partial charge in [0.15, 0.2) is 0 Å². The third kappa shape index (κ3) is 17.7. The van der Waals surface area contributed by atoms with Gasteiger partial charge >= 0.3 is 0 Å². The first-order chi connectivity index (χ1) is 8.78. The van der Waals surface area contributed by atoms with E-state index in [1.165, 1.54) is 51.7 Å². The quantitative estimate of drug-likeness (QED) is 0.644. The zero-order valence-corrected chi connectivity index (χ0v) is 14.3. The van der Waals surface area contributed by atoms with Crippen molar-refractivity contribution in [3.8, 4) is 0 Å². The molecule has 0 aromatic rings. The van der Waals surface area contributed by atoms with Crippen molar-refractivity contribution in [3.63, 3.8) is 0 Å². The number of piperidine rings is 1. The van der Waals surface area contributed by atoms with Gasteiger partial charge < -0.3 is 10.4 Å². The highest BCUT2D eigenvalue weighted by Gasteiger charge is 2.16. The predicted octanol–water partition coefficient (Wildman–Crippen LogP) is 5.33. The van der Waals surface area contributed by atoms with Gasteiger partial charge in [-0.1, -0.05) is 60.1 Å². The Labute approximate surface area is 130 Å². The molecule has 126 valence electrons. The summed E-state index contributed by atoms with van der Waals surface area (Å²) in [5.74, 6) is 1.04. The molecular formula is C18H43NO. The molecule has 0 bridgehead atoms. The average molecular weight is 290 g/mol. The Morgan fingerprint density at radius 3 is 1.70 bits per heavy atom. The SMILES string of the molecule is C.C/C=C\C.CC.CCCC1CCN(CCC)CC1.O. The number of rotatable bonds is 4. The highest BCUT2D eigenvalue weighted by atomic mass is 16.0. The van der Waals surface area contributed by atoms with Crippen LogP contribution in [0.15, 0.2) is 12.2 Å². The van der Waals surface area contributed by atoms with Crippen molar-refractivity contribution in [2.75, 3.05) is 19.6 Å². The Hall–Kier alpha value is -0.340. The van der Waals surface area contributed by atoms with E-state index < -0.39 is 0 Å². The number of likely N-dealkylation sites (tertiary alicyclic amines) is 1. The van der Waals surface area contributed by atoms with Crippen LogP contribution in [-0.4, -0.2) is 30.0 Å². The number of hydrogen-bond acceptors (Lipinski definition) is 1. The fourth-order valence-corrected chi connectivity index (χ4v) is 2.22. The third-order valence-electron chi connectivity index (χ3n) is 3.28. The zero-order valence-electron chi connectivity index (χ0n) is 14.3. The molecule has 0 aromatic carbocycles. The van der Waals surface area contributed by atoms with Crippen LogP contribution in [0.2, 0.25) is 0 Å². The van der Waals surface area contributed by atoms with Gasteiger partial charge in [-0.15, -0.1) is 0 Å². The molecule has 1 rings (SSSR count). The van der Waals surface area contributed by atoms with Gasteiger partial charge in [0.25, 0.3) is 0 Å². The van der Waals surface area contributed by atoms with Crippen LogP contribution in [0.3, 0.4) is 0 Å². The molecule has 0 atom stereocenters. The van der Waals surface area contributed by atoms with E-state index in [9.17, 15) is 0 Å². The van der Waals surface area contributed by atoms with Crippen LogP contribution in [-0.2, 0) is 0 Å². The van der Waals surface area contributed by atoms with Crippen molar-refractivity contribution < 1.29 is 5.48 Å². The Kier molecular flexibility index (Phi) is 33.1. The smallest absolute Gasteiger partial charge is 0.00161 e. The van der Waals surface area contributed by atoms with Crippen LogP contribution >= 0.6 is 0 Å². The fourth-order valence-electron chi connectivity index (χ4n) is 2.22. The summed E-state index contributed by atoms with van der Waals surface area (Å²) in [6, 6.07) is 0. The largest absolute Gasteiger partial charge is 0.412 e. The van der Waals surface area contributed by atoms with E-state index in [0.717, 1.165) is 5.92 Å². The van der Waals surface area contributed by atoms with Gasteiger partial charge in [-0.3, -0.25) is 0 Å². The number of nitrogens with zero attached hydrogens (tertiary/aromatic N) is 1. The van der Waals surface area contributed by atoms with Gasteiger partial charge in [-0.2, -0.15) is 0 Å². The summed E-state index contributed by atoms with van der Waals surface area (Å²) in [4.78, 5) is 2.62. The molecule has 1 saturated heterocycles. The molecule has 0 aliphatic carbocycles. The summed E-state index contributed by atoms with van der Waals surface area (Å²) < 4.78 is 0. The van der Waals surface area contributed by atoms with Crippen LogP contribution in [0.1, 0.15) is 81.1 Å². The van der Waals surface area contributed by atoms with Crippen molar-refractivity contribution in [1.29, 1.82) is 0 Å². The molecule has 0 saturated carbocycles. The van der Waals surface area contributed by atoms with E-state index in [-0.39, 0.29) is 12.9 Å². The molecule has 1 aliphatic heterocycles. The van der Waals surface area contributed by atoms with Crippen LogP contribution < -0.4 is 0 Å². The molecular weight excluding hydrogens is 246 g/mol. The van der Waals surface area contributed by atoms with Gasteiger partial charge in [-0.05, 0) is 58.7 Å². The molecule has 2 N–H and O–H groups in total. The zero-order chi connectivity index (χ0) is 14.2. The van der Waals surface area contributed by atoms with Gasteiger partial charge in [-0.25, -0.2) is 0 Å². The second-order valence-electron chi connectivity index (χ2n) is 4.74. The second kappa shape index (κ2) is 23.7. The summed E-state index contributed by atoms with van der Waals surface area (Å²) in [6.45, 7) is 16.6. The minimum atomic E-state index is 0. The van der Waals surface area contributed by atoms with Crippen molar-refractivity contribution in [2.24, 2.45) is 5.92 Å². The minimum absolute atomic E-state index is 0. The van der Waals surface area contributed by atoms with Crippen LogP contribution in [0.4, 0.5) is 0 Å². The van der Waals surface area contributed by atoms with Gasteiger partial charge in [0.1, 0.15) is 0 Å². The van der Waals surface area contributed by atoms with Crippen molar-refractivity contribution >= 4 is 0 Å². The van der Waals surface area contributed by atoms with Gasteiger partial charge in [0.05, 0.1) is 0 Å². The molecule has 2 heteroatoms. The lowest BCUT2D eigenvalue weighted by Crippen LogP contribution is -2.34. The first-order valence-corrected chi connectivity index (χ1v) is 8.08. The number of allylic oxidation sites excluding steroid dienone is 2. The van der Waals surface area contributed by atoms with E-state index >= 15 is 0 Å². The fraction of sp³-hybridized carbons (Fsp3) is 0.889. The summed E-state index contributed by atoms with van der Waals surface area (Å²) in [5.41, 5.74) is 0. The molecule has 20 heavy (non-hydrogen) atoms. The lowest BCUT2D eigenvalue weighted by Gasteiger charge is -2.31. The second-order valence-corrected chi connectivity index (χ2v) is 4.74. The van der Waals surface area contributed by atoms with E-state index in [1.807, 2.05) is 39.8 Å². The molecule has 0 aromatic heterocycles. The third-order valence-corrected chi connectivity index (χ3v) is 3.28. The normalized spacial score (nSPS) is 15.1. The maximum absolute atomic E-state index is 2.62. The van der Waals surface area contributed by atoms with E-state index in [1.54, 1.807) is 0 Å². The number of hydrogen-bond donors (Lipinski definition) is 0. The molecule has 0 amide bonds. The first-order valence-electron chi connectivity index (χ1n) is 8.08. The molecule has 1 fully saturated rings. The monoisotopic (exact) mass is 289 g/mol. The molecule has 1 aliphatic rings. The van der Waals surface area contributed by atoms with Crippen molar-refractivity contribution in [1.82, 2.24) is 4.90 Å². The molecule has 0 unspecified atom stereocenters. The Morgan fingerprint density at radius 1 is 0.950 bits per heavy atom. The van der Waals surface area contributed by atoms with Crippen molar-refractivity contribution in [2.45, 2.75) is 81.1 Å². The Morgan fingerprint density at radius 2 is 1.40 bits per heavy atom. The maximum atomic E-state index is 2.62. The summed E-state index contributed by atoms with van der Waals surface area (Å²) in [6.07, 6.45) is 11.1. The van der Waals surface area contributed by atoms with E-state index in [0.29, 0.717) is 0 Å². The summed E-state index contributed by atoms with van der Waals surface area (Å²) in [5, 5.41) is 0. The first kappa shape index (κ1) is 27.9. The lowest BCUT2D eigenvalue weighted by atomic mass is 9.92.